The molecule has 2 heteroatoms. The fourth-order valence-electron chi connectivity index (χ4n) is 0.530. The minimum absolute atomic E-state index is 0.329. The van der Waals surface area contributed by atoms with Gasteiger partial charge in [-0.15, -0.1) is 0 Å². The fraction of sp³-hybridized carbons (Fsp3) is 0.125. The lowest BCUT2D eigenvalue weighted by Crippen LogP contribution is -1.67. The summed E-state index contributed by atoms with van der Waals surface area (Å²) in [4.78, 5) is 9.83. The zero-order valence-corrected chi connectivity index (χ0v) is 6.15. The van der Waals surface area contributed by atoms with Gasteiger partial charge in [-0.1, -0.05) is 11.8 Å². The van der Waals surface area contributed by atoms with E-state index in [2.05, 4.69) is 11.8 Å². The van der Waals surface area contributed by atoms with Crippen molar-refractivity contribution < 1.29 is 4.79 Å². The average Bonchev–Trinajstić information content (AvgIpc) is 2.41. The zero-order chi connectivity index (χ0) is 7.23. The van der Waals surface area contributed by atoms with Gasteiger partial charge in [-0.05, 0) is 11.4 Å². The maximum absolute atomic E-state index is 9.83. The van der Waals surface area contributed by atoms with Gasteiger partial charge < -0.3 is 4.79 Å². The molecule has 0 spiro atoms. The smallest absolute Gasteiger partial charge is 0.131 e. The van der Waals surface area contributed by atoms with Gasteiger partial charge in [-0.3, -0.25) is 0 Å². The first kappa shape index (κ1) is 7.04. The molecule has 0 aliphatic heterocycles. The number of rotatable bonds is 1. The van der Waals surface area contributed by atoms with Crippen LogP contribution >= 0.6 is 11.3 Å². The Hall–Kier alpha value is -1.07. The molecule has 0 aliphatic carbocycles. The minimum atomic E-state index is 0.329. The van der Waals surface area contributed by atoms with Crippen molar-refractivity contribution in [1.29, 1.82) is 0 Å². The number of carbonyl (C=O) groups excluding carboxylic acids is 1. The van der Waals surface area contributed by atoms with Gasteiger partial charge in [0.2, 0.25) is 0 Å². The van der Waals surface area contributed by atoms with Crippen LogP contribution in [0.5, 0.6) is 0 Å². The van der Waals surface area contributed by atoms with Crippen LogP contribution < -0.4 is 0 Å². The van der Waals surface area contributed by atoms with Crippen molar-refractivity contribution in [2.45, 2.75) is 6.42 Å². The largest absolute Gasteiger partial charge is 0.302 e. The van der Waals surface area contributed by atoms with Crippen molar-refractivity contribution in [2.24, 2.45) is 0 Å². The van der Waals surface area contributed by atoms with Gasteiger partial charge in [0.15, 0.2) is 0 Å². The summed E-state index contributed by atoms with van der Waals surface area (Å²) in [5.41, 5.74) is 0.992. The van der Waals surface area contributed by atoms with E-state index in [1.54, 1.807) is 11.3 Å². The summed E-state index contributed by atoms with van der Waals surface area (Å²) in [7, 11) is 0. The molecule has 0 saturated heterocycles. The van der Waals surface area contributed by atoms with Gasteiger partial charge in [-0.25, -0.2) is 0 Å². The van der Waals surface area contributed by atoms with Gasteiger partial charge in [-0.2, -0.15) is 11.3 Å². The zero-order valence-electron chi connectivity index (χ0n) is 5.33. The Morgan fingerprint density at radius 1 is 1.70 bits per heavy atom. The third kappa shape index (κ3) is 2.04. The van der Waals surface area contributed by atoms with Crippen molar-refractivity contribution in [3.05, 3.63) is 22.4 Å². The molecule has 0 aliphatic rings. The second kappa shape index (κ2) is 3.86. The molecule has 10 heavy (non-hydrogen) atoms. The first-order valence-electron chi connectivity index (χ1n) is 2.88. The highest BCUT2D eigenvalue weighted by Gasteiger charge is 1.81. The number of hydrogen-bond donors (Lipinski definition) is 0. The highest BCUT2D eigenvalue weighted by molar-refractivity contribution is 7.08. The highest BCUT2D eigenvalue weighted by atomic mass is 32.1. The number of thiophene rings is 1. The Kier molecular flexibility index (Phi) is 2.72. The van der Waals surface area contributed by atoms with E-state index in [1.165, 1.54) is 0 Å². The van der Waals surface area contributed by atoms with Crippen LogP contribution in [0.2, 0.25) is 0 Å². The van der Waals surface area contributed by atoms with Crippen molar-refractivity contribution in [3.8, 4) is 11.8 Å². The summed E-state index contributed by atoms with van der Waals surface area (Å²) in [6.07, 6.45) is 1.13. The summed E-state index contributed by atoms with van der Waals surface area (Å²) in [5.74, 6) is 5.58. The average molecular weight is 150 g/mol. The van der Waals surface area contributed by atoms with Crippen molar-refractivity contribution >= 4 is 17.6 Å². The minimum Gasteiger partial charge on any atom is -0.302 e. The molecule has 1 nitrogen and oxygen atoms in total. The van der Waals surface area contributed by atoms with Gasteiger partial charge >= 0.3 is 0 Å². The molecule has 0 unspecified atom stereocenters. The van der Waals surface area contributed by atoms with Crippen LogP contribution in [0.4, 0.5) is 0 Å². The second-order valence-corrected chi connectivity index (χ2v) is 2.46. The topological polar surface area (TPSA) is 17.1 Å². The van der Waals surface area contributed by atoms with Gasteiger partial charge in [0, 0.05) is 10.9 Å². The Balaban J connectivity index is 2.57. The van der Waals surface area contributed by atoms with Crippen LogP contribution in [0.1, 0.15) is 12.0 Å². The van der Waals surface area contributed by atoms with E-state index in [9.17, 15) is 4.79 Å². The molecule has 1 rings (SSSR count). The van der Waals surface area contributed by atoms with Gasteiger partial charge in [0.05, 0.1) is 6.42 Å². The predicted octanol–water partition coefficient (Wildman–Crippen LogP) is 1.69. The van der Waals surface area contributed by atoms with E-state index in [0.29, 0.717) is 6.42 Å². The Labute approximate surface area is 63.7 Å². The first-order chi connectivity index (χ1) is 4.93. The van der Waals surface area contributed by atoms with Crippen LogP contribution in [0.3, 0.4) is 0 Å². The third-order valence-electron chi connectivity index (χ3n) is 0.939. The van der Waals surface area contributed by atoms with Crippen LogP contribution in [-0.2, 0) is 4.79 Å². The maximum Gasteiger partial charge on any atom is 0.131 e. The third-order valence-corrected chi connectivity index (χ3v) is 1.62. The van der Waals surface area contributed by atoms with Gasteiger partial charge in [0.25, 0.3) is 0 Å². The molecule has 0 bridgehead atoms. The lowest BCUT2D eigenvalue weighted by molar-refractivity contribution is -0.107. The molecule has 0 saturated carbocycles. The standard InChI is InChI=1S/C8H6OS/c9-5-2-1-3-8-4-6-10-7-8/h4-7H,2H2. The Morgan fingerprint density at radius 2 is 2.60 bits per heavy atom. The Morgan fingerprint density at radius 3 is 3.20 bits per heavy atom. The molecule has 0 fully saturated rings. The molecule has 0 amide bonds. The highest BCUT2D eigenvalue weighted by Crippen LogP contribution is 2.02. The molecule has 1 aromatic rings. The summed E-state index contributed by atoms with van der Waals surface area (Å²) in [6, 6.07) is 1.93. The fourth-order valence-corrected chi connectivity index (χ4v) is 1.12. The van der Waals surface area contributed by atoms with Crippen LogP contribution in [0, 0.1) is 11.8 Å². The SMILES string of the molecule is O=CCC#Cc1ccsc1. The first-order valence-corrected chi connectivity index (χ1v) is 3.82. The van der Waals surface area contributed by atoms with E-state index >= 15 is 0 Å². The number of carbonyl (C=O) groups is 1. The van der Waals surface area contributed by atoms with E-state index < -0.39 is 0 Å². The molecular weight excluding hydrogens is 144 g/mol. The normalized spacial score (nSPS) is 8.00. The summed E-state index contributed by atoms with van der Waals surface area (Å²) in [6.45, 7) is 0. The summed E-state index contributed by atoms with van der Waals surface area (Å²) < 4.78 is 0. The predicted molar refractivity (Wildman–Crippen MR) is 41.9 cm³/mol. The van der Waals surface area contributed by atoms with E-state index in [1.807, 2.05) is 16.8 Å². The van der Waals surface area contributed by atoms with Crippen molar-refractivity contribution in [2.75, 3.05) is 0 Å². The molecule has 1 heterocycles. The second-order valence-electron chi connectivity index (χ2n) is 1.68. The Bertz CT molecular complexity index is 251. The monoisotopic (exact) mass is 150 g/mol. The summed E-state index contributed by atoms with van der Waals surface area (Å²) >= 11 is 1.61. The van der Waals surface area contributed by atoms with E-state index in [0.717, 1.165) is 11.8 Å². The van der Waals surface area contributed by atoms with Crippen LogP contribution in [0.15, 0.2) is 16.8 Å². The van der Waals surface area contributed by atoms with E-state index in [4.69, 9.17) is 0 Å². The molecule has 50 valence electrons. The van der Waals surface area contributed by atoms with Crippen LogP contribution in [-0.4, -0.2) is 6.29 Å². The molecular formula is C8H6OS. The van der Waals surface area contributed by atoms with E-state index in [-0.39, 0.29) is 0 Å². The number of aldehydes is 1. The molecule has 0 aromatic carbocycles. The van der Waals surface area contributed by atoms with Crippen molar-refractivity contribution in [3.63, 3.8) is 0 Å². The van der Waals surface area contributed by atoms with Crippen molar-refractivity contribution in [1.82, 2.24) is 0 Å². The summed E-state index contributed by atoms with van der Waals surface area (Å²) in [5, 5.41) is 3.92. The number of hydrogen-bond acceptors (Lipinski definition) is 2. The van der Waals surface area contributed by atoms with Gasteiger partial charge in [0.1, 0.15) is 6.29 Å². The molecule has 0 N–H and O–H groups in total. The molecule has 0 atom stereocenters. The maximum atomic E-state index is 9.83. The lowest BCUT2D eigenvalue weighted by Gasteiger charge is -1.72. The molecule has 1 aromatic heterocycles. The lowest BCUT2D eigenvalue weighted by atomic mass is 10.3. The van der Waals surface area contributed by atoms with Crippen LogP contribution in [0.25, 0.3) is 0 Å². The molecule has 0 radical (unpaired) electrons. The quantitative estimate of drug-likeness (QED) is 0.440.